The molecule has 1 saturated heterocycles. The van der Waals surface area contributed by atoms with Crippen LogP contribution in [0.15, 0.2) is 53.2 Å². The van der Waals surface area contributed by atoms with Crippen molar-refractivity contribution in [3.63, 3.8) is 0 Å². The fourth-order valence-corrected chi connectivity index (χ4v) is 4.19. The normalized spacial score (nSPS) is 14.1. The van der Waals surface area contributed by atoms with E-state index in [0.717, 1.165) is 10.6 Å². The van der Waals surface area contributed by atoms with Gasteiger partial charge in [-0.05, 0) is 11.4 Å². The quantitative estimate of drug-likeness (QED) is 0.476. The molecule has 1 amide bonds. The number of pyridine rings is 1. The third kappa shape index (κ3) is 3.32. The zero-order valence-electron chi connectivity index (χ0n) is 16.1. The molecule has 1 fully saturated rings. The highest BCUT2D eigenvalue weighted by Crippen LogP contribution is 2.30. The fourth-order valence-electron chi connectivity index (χ4n) is 3.43. The van der Waals surface area contributed by atoms with Crippen molar-refractivity contribution in [3.8, 4) is 10.4 Å². The summed E-state index contributed by atoms with van der Waals surface area (Å²) in [6.07, 6.45) is 6.71. The van der Waals surface area contributed by atoms with Gasteiger partial charge in [0, 0.05) is 42.8 Å². The van der Waals surface area contributed by atoms with Crippen LogP contribution in [0.25, 0.3) is 10.4 Å². The van der Waals surface area contributed by atoms with Crippen molar-refractivity contribution in [1.29, 1.82) is 0 Å². The molecule has 0 spiro atoms. The predicted octanol–water partition coefficient (Wildman–Crippen LogP) is 1.04. The Morgan fingerprint density at radius 2 is 2.03 bits per heavy atom. The van der Waals surface area contributed by atoms with Crippen LogP contribution < -0.4 is 5.56 Å². The van der Waals surface area contributed by atoms with Gasteiger partial charge >= 0.3 is 0 Å². The Kier molecular flexibility index (Phi) is 4.51. The molecule has 0 atom stereocenters. The molecule has 0 saturated carbocycles. The highest BCUT2D eigenvalue weighted by molar-refractivity contribution is 7.13. The van der Waals surface area contributed by atoms with Gasteiger partial charge in [-0.15, -0.1) is 16.4 Å². The first kappa shape index (κ1) is 18.4. The lowest BCUT2D eigenvalue weighted by Crippen LogP contribution is -2.51. The molecule has 0 aromatic carbocycles. The first-order chi connectivity index (χ1) is 14.6. The molecule has 0 unspecified atom stereocenters. The summed E-state index contributed by atoms with van der Waals surface area (Å²) in [6, 6.07) is 5.43. The van der Waals surface area contributed by atoms with Crippen LogP contribution in [-0.2, 0) is 13.6 Å². The van der Waals surface area contributed by atoms with E-state index in [4.69, 9.17) is 0 Å². The number of carbonyl (C=O) groups is 1. The van der Waals surface area contributed by atoms with Gasteiger partial charge in [-0.25, -0.2) is 4.68 Å². The number of likely N-dealkylation sites (tertiary alicyclic amines) is 1. The number of hydrogen-bond acceptors (Lipinski definition) is 7. The standard InChI is InChI=1S/C19H18N8O2S/c1-24-12-16(15(7-18(24)28)17-3-2-6-30-17)19(29)25-10-14(11-25)26-8-13(22-23-26)9-27-20-4-5-21-27/h2-8,12,14H,9-11H2,1H3. The average molecular weight is 422 g/mol. The second-order valence-electron chi connectivity index (χ2n) is 7.14. The molecule has 1 aliphatic heterocycles. The Morgan fingerprint density at radius 1 is 1.23 bits per heavy atom. The summed E-state index contributed by atoms with van der Waals surface area (Å²) in [6.45, 7) is 1.52. The summed E-state index contributed by atoms with van der Waals surface area (Å²) in [5.74, 6) is -0.0914. The van der Waals surface area contributed by atoms with Gasteiger partial charge in [0.25, 0.3) is 11.5 Å². The maximum Gasteiger partial charge on any atom is 0.256 e. The first-order valence-corrected chi connectivity index (χ1v) is 10.2. The minimum Gasteiger partial charge on any atom is -0.334 e. The molecule has 11 heteroatoms. The molecule has 0 bridgehead atoms. The van der Waals surface area contributed by atoms with Crippen LogP contribution in [0.3, 0.4) is 0 Å². The molecule has 5 heterocycles. The van der Waals surface area contributed by atoms with E-state index < -0.39 is 0 Å². The monoisotopic (exact) mass is 422 g/mol. The molecule has 5 rings (SSSR count). The van der Waals surface area contributed by atoms with Gasteiger partial charge in [-0.2, -0.15) is 15.0 Å². The van der Waals surface area contributed by atoms with E-state index in [9.17, 15) is 9.59 Å². The first-order valence-electron chi connectivity index (χ1n) is 9.37. The number of rotatable bonds is 5. The molecule has 4 aromatic rings. The summed E-state index contributed by atoms with van der Waals surface area (Å²) in [4.78, 5) is 29.5. The third-order valence-corrected chi connectivity index (χ3v) is 6.00. The summed E-state index contributed by atoms with van der Waals surface area (Å²) in [7, 11) is 1.65. The number of carbonyl (C=O) groups excluding carboxylic acids is 1. The third-order valence-electron chi connectivity index (χ3n) is 5.10. The number of aryl methyl sites for hydroxylation is 1. The highest BCUT2D eigenvalue weighted by Gasteiger charge is 2.34. The van der Waals surface area contributed by atoms with E-state index in [-0.39, 0.29) is 17.5 Å². The number of nitrogens with zero attached hydrogens (tertiary/aromatic N) is 8. The van der Waals surface area contributed by atoms with Crippen molar-refractivity contribution in [2.45, 2.75) is 12.6 Å². The van der Waals surface area contributed by atoms with Crippen molar-refractivity contribution in [2.75, 3.05) is 13.1 Å². The smallest absolute Gasteiger partial charge is 0.256 e. The van der Waals surface area contributed by atoms with E-state index in [1.165, 1.54) is 26.8 Å². The van der Waals surface area contributed by atoms with Crippen LogP contribution in [0.2, 0.25) is 0 Å². The van der Waals surface area contributed by atoms with Gasteiger partial charge < -0.3 is 9.47 Å². The molecule has 10 nitrogen and oxygen atoms in total. The van der Waals surface area contributed by atoms with Gasteiger partial charge in [-0.3, -0.25) is 9.59 Å². The summed E-state index contributed by atoms with van der Waals surface area (Å²) in [5, 5.41) is 18.4. The Balaban J connectivity index is 1.31. The summed E-state index contributed by atoms with van der Waals surface area (Å²) >= 11 is 1.51. The largest absolute Gasteiger partial charge is 0.334 e. The Hall–Kier alpha value is -3.60. The van der Waals surface area contributed by atoms with Crippen molar-refractivity contribution < 1.29 is 4.79 Å². The van der Waals surface area contributed by atoms with Gasteiger partial charge in [0.15, 0.2) is 0 Å². The molecule has 0 aliphatic carbocycles. The Morgan fingerprint density at radius 3 is 2.77 bits per heavy atom. The number of amides is 1. The molecule has 0 radical (unpaired) electrons. The van der Waals surface area contributed by atoms with E-state index in [1.807, 2.05) is 23.7 Å². The van der Waals surface area contributed by atoms with Crippen molar-refractivity contribution in [2.24, 2.45) is 7.05 Å². The maximum absolute atomic E-state index is 13.2. The van der Waals surface area contributed by atoms with Crippen LogP contribution in [0.1, 0.15) is 22.1 Å². The van der Waals surface area contributed by atoms with Gasteiger partial charge in [0.05, 0.1) is 30.2 Å². The van der Waals surface area contributed by atoms with Crippen molar-refractivity contribution >= 4 is 17.2 Å². The number of hydrogen-bond donors (Lipinski definition) is 0. The highest BCUT2D eigenvalue weighted by atomic mass is 32.1. The molecule has 152 valence electrons. The lowest BCUT2D eigenvalue weighted by molar-refractivity contribution is 0.0498. The zero-order valence-corrected chi connectivity index (χ0v) is 16.9. The SMILES string of the molecule is Cn1cc(C(=O)N2CC(n3cc(Cn4nccn4)nn3)C2)c(-c2cccs2)cc1=O. The van der Waals surface area contributed by atoms with E-state index in [0.29, 0.717) is 30.8 Å². The lowest BCUT2D eigenvalue weighted by Gasteiger charge is -2.39. The zero-order chi connectivity index (χ0) is 20.7. The summed E-state index contributed by atoms with van der Waals surface area (Å²) < 4.78 is 3.22. The number of thiophene rings is 1. The van der Waals surface area contributed by atoms with Crippen LogP contribution in [0, 0.1) is 0 Å². The fraction of sp³-hybridized carbons (Fsp3) is 0.263. The summed E-state index contributed by atoms with van der Waals surface area (Å²) in [5.41, 5.74) is 1.82. The molecule has 1 aliphatic rings. The second-order valence-corrected chi connectivity index (χ2v) is 8.09. The van der Waals surface area contributed by atoms with E-state index in [1.54, 1.807) is 35.2 Å². The van der Waals surface area contributed by atoms with Crippen molar-refractivity contribution in [1.82, 2.24) is 39.5 Å². The van der Waals surface area contributed by atoms with Crippen LogP contribution in [0.5, 0.6) is 0 Å². The molecule has 30 heavy (non-hydrogen) atoms. The minimum absolute atomic E-state index is 0.0681. The maximum atomic E-state index is 13.2. The van der Waals surface area contributed by atoms with Gasteiger partial charge in [0.2, 0.25) is 0 Å². The molecular formula is C19H18N8O2S. The van der Waals surface area contributed by atoms with E-state index >= 15 is 0 Å². The second kappa shape index (κ2) is 7.34. The molecule has 4 aromatic heterocycles. The van der Waals surface area contributed by atoms with Gasteiger partial charge in [-0.1, -0.05) is 11.3 Å². The topological polar surface area (TPSA) is 104 Å². The van der Waals surface area contributed by atoms with Crippen molar-refractivity contribution in [3.05, 3.63) is 70.0 Å². The lowest BCUT2D eigenvalue weighted by atomic mass is 10.0. The van der Waals surface area contributed by atoms with Crippen LogP contribution >= 0.6 is 11.3 Å². The molecular weight excluding hydrogens is 404 g/mol. The predicted molar refractivity (Wildman–Crippen MR) is 109 cm³/mol. The van der Waals surface area contributed by atoms with E-state index in [2.05, 4.69) is 20.5 Å². The minimum atomic E-state index is -0.141. The molecule has 0 N–H and O–H groups in total. The van der Waals surface area contributed by atoms with Crippen LogP contribution in [0.4, 0.5) is 0 Å². The number of aromatic nitrogens is 7. The average Bonchev–Trinajstić information content (AvgIpc) is 3.45. The Labute approximate surface area is 175 Å². The van der Waals surface area contributed by atoms with Crippen LogP contribution in [-0.4, -0.2) is 58.5 Å². The Bertz CT molecular complexity index is 1240. The van der Waals surface area contributed by atoms with Gasteiger partial charge in [0.1, 0.15) is 12.2 Å².